The van der Waals surface area contributed by atoms with Crippen LogP contribution in [0.1, 0.15) is 56.1 Å². The van der Waals surface area contributed by atoms with Crippen molar-refractivity contribution in [3.05, 3.63) is 71.0 Å². The molecule has 35 heavy (non-hydrogen) atoms. The first-order valence-corrected chi connectivity index (χ1v) is 12.3. The van der Waals surface area contributed by atoms with E-state index in [-0.39, 0.29) is 17.3 Å². The Morgan fingerprint density at radius 1 is 1.06 bits per heavy atom. The molecule has 5 nitrogen and oxygen atoms in total. The SMILES string of the molecule is CC(C(=O)NCCCN1CCC(c2cccc(F)c2)CC1)(c1ccc(F)c(F)c1)N1CCCC1=O. The third-order valence-electron chi connectivity index (χ3n) is 7.38. The number of hydrogen-bond acceptors (Lipinski definition) is 3. The number of benzene rings is 2. The van der Waals surface area contributed by atoms with Crippen molar-refractivity contribution >= 4 is 11.8 Å². The smallest absolute Gasteiger partial charge is 0.250 e. The summed E-state index contributed by atoms with van der Waals surface area (Å²) in [5, 5.41) is 2.92. The van der Waals surface area contributed by atoms with Crippen molar-refractivity contribution in [3.63, 3.8) is 0 Å². The van der Waals surface area contributed by atoms with Gasteiger partial charge in [-0.1, -0.05) is 18.2 Å². The van der Waals surface area contributed by atoms with Gasteiger partial charge in [-0.3, -0.25) is 9.59 Å². The van der Waals surface area contributed by atoms with E-state index in [0.717, 1.165) is 56.6 Å². The number of carbonyl (C=O) groups excluding carboxylic acids is 2. The molecule has 4 rings (SSSR count). The van der Waals surface area contributed by atoms with Crippen molar-refractivity contribution < 1.29 is 22.8 Å². The minimum absolute atomic E-state index is 0.173. The summed E-state index contributed by atoms with van der Waals surface area (Å²) in [6.45, 7) is 5.01. The highest BCUT2D eigenvalue weighted by Crippen LogP contribution is 2.34. The standard InChI is InChI=1S/C27H32F3N3O2/c1-27(33-14-3-7-25(33)34,21-8-9-23(29)24(30)18-21)26(35)31-12-4-13-32-15-10-19(11-16-32)20-5-2-6-22(28)17-20/h2,5-6,8-9,17-19H,3-4,7,10-16H2,1H3,(H,31,35). The highest BCUT2D eigenvalue weighted by Gasteiger charge is 2.45. The van der Waals surface area contributed by atoms with Gasteiger partial charge in [0.2, 0.25) is 11.8 Å². The second kappa shape index (κ2) is 10.8. The summed E-state index contributed by atoms with van der Waals surface area (Å²) >= 11 is 0. The van der Waals surface area contributed by atoms with Crippen LogP contribution in [0.5, 0.6) is 0 Å². The van der Waals surface area contributed by atoms with E-state index in [9.17, 15) is 22.8 Å². The Morgan fingerprint density at radius 3 is 2.49 bits per heavy atom. The Morgan fingerprint density at radius 2 is 1.83 bits per heavy atom. The van der Waals surface area contributed by atoms with E-state index >= 15 is 0 Å². The van der Waals surface area contributed by atoms with Gasteiger partial charge < -0.3 is 15.1 Å². The number of halogens is 3. The molecule has 0 bridgehead atoms. The molecule has 2 aromatic carbocycles. The third-order valence-corrected chi connectivity index (χ3v) is 7.38. The average Bonchev–Trinajstić information content (AvgIpc) is 3.29. The van der Waals surface area contributed by atoms with Crippen molar-refractivity contribution in [3.8, 4) is 0 Å². The maximum Gasteiger partial charge on any atom is 0.250 e. The van der Waals surface area contributed by atoms with E-state index in [2.05, 4.69) is 10.2 Å². The molecule has 1 N–H and O–H groups in total. The topological polar surface area (TPSA) is 52.7 Å². The van der Waals surface area contributed by atoms with E-state index in [1.807, 2.05) is 6.07 Å². The lowest BCUT2D eigenvalue weighted by atomic mass is 9.88. The third kappa shape index (κ3) is 5.53. The summed E-state index contributed by atoms with van der Waals surface area (Å²) in [5.41, 5.74) is -0.112. The monoisotopic (exact) mass is 487 g/mol. The van der Waals surface area contributed by atoms with Gasteiger partial charge in [0, 0.05) is 19.5 Å². The first kappa shape index (κ1) is 25.2. The minimum atomic E-state index is -1.41. The van der Waals surface area contributed by atoms with Crippen molar-refractivity contribution in [2.24, 2.45) is 0 Å². The molecular weight excluding hydrogens is 455 g/mol. The predicted octanol–water partition coefficient (Wildman–Crippen LogP) is 4.33. The summed E-state index contributed by atoms with van der Waals surface area (Å²) in [4.78, 5) is 29.6. The van der Waals surface area contributed by atoms with Crippen LogP contribution in [0, 0.1) is 17.5 Å². The molecule has 0 radical (unpaired) electrons. The molecule has 1 unspecified atom stereocenters. The molecule has 188 valence electrons. The molecule has 2 saturated heterocycles. The van der Waals surface area contributed by atoms with Gasteiger partial charge in [0.25, 0.3) is 0 Å². The zero-order valence-electron chi connectivity index (χ0n) is 20.0. The lowest BCUT2D eigenvalue weighted by Gasteiger charge is -2.38. The van der Waals surface area contributed by atoms with Crippen LogP contribution < -0.4 is 5.32 Å². The Hall–Kier alpha value is -2.87. The highest BCUT2D eigenvalue weighted by molar-refractivity contribution is 5.93. The maximum atomic E-state index is 14.0. The molecule has 2 aliphatic rings. The summed E-state index contributed by atoms with van der Waals surface area (Å²) in [7, 11) is 0. The summed E-state index contributed by atoms with van der Waals surface area (Å²) < 4.78 is 41.0. The van der Waals surface area contributed by atoms with Crippen LogP contribution in [0.25, 0.3) is 0 Å². The Balaban J connectivity index is 1.31. The molecule has 2 amide bonds. The van der Waals surface area contributed by atoms with Crippen molar-refractivity contribution in [1.82, 2.24) is 15.1 Å². The van der Waals surface area contributed by atoms with E-state index in [1.165, 1.54) is 17.0 Å². The first-order chi connectivity index (χ1) is 16.8. The molecule has 2 aliphatic heterocycles. The lowest BCUT2D eigenvalue weighted by Crippen LogP contribution is -2.55. The van der Waals surface area contributed by atoms with E-state index in [1.54, 1.807) is 19.1 Å². The molecule has 0 aromatic heterocycles. The number of nitrogens with zero attached hydrogens (tertiary/aromatic N) is 2. The van der Waals surface area contributed by atoms with Gasteiger partial charge in [-0.2, -0.15) is 0 Å². The fraction of sp³-hybridized carbons (Fsp3) is 0.481. The van der Waals surface area contributed by atoms with Crippen molar-refractivity contribution in [2.45, 2.75) is 50.5 Å². The van der Waals surface area contributed by atoms with Gasteiger partial charge in [-0.15, -0.1) is 0 Å². The number of amides is 2. The Kier molecular flexibility index (Phi) is 7.79. The van der Waals surface area contributed by atoms with Crippen LogP contribution in [0.3, 0.4) is 0 Å². The van der Waals surface area contributed by atoms with Gasteiger partial charge >= 0.3 is 0 Å². The van der Waals surface area contributed by atoms with E-state index in [4.69, 9.17) is 0 Å². The number of carbonyl (C=O) groups is 2. The second-order valence-electron chi connectivity index (χ2n) is 9.63. The number of rotatable bonds is 8. The van der Waals surface area contributed by atoms with Gasteiger partial charge in [0.1, 0.15) is 11.4 Å². The van der Waals surface area contributed by atoms with Crippen molar-refractivity contribution in [2.75, 3.05) is 32.7 Å². The van der Waals surface area contributed by atoms with E-state index < -0.39 is 23.1 Å². The number of likely N-dealkylation sites (tertiary alicyclic amines) is 2. The maximum absolute atomic E-state index is 14.0. The zero-order valence-corrected chi connectivity index (χ0v) is 20.0. The number of hydrogen-bond donors (Lipinski definition) is 1. The lowest BCUT2D eigenvalue weighted by molar-refractivity contribution is -0.144. The van der Waals surface area contributed by atoms with Crippen molar-refractivity contribution in [1.29, 1.82) is 0 Å². The Bertz CT molecular complexity index is 1070. The summed E-state index contributed by atoms with van der Waals surface area (Å²) in [5.74, 6) is -2.46. The van der Waals surface area contributed by atoms with Crippen LogP contribution in [0.15, 0.2) is 42.5 Å². The predicted molar refractivity (Wildman–Crippen MR) is 127 cm³/mol. The zero-order chi connectivity index (χ0) is 25.0. The number of piperidine rings is 1. The molecule has 0 saturated carbocycles. The average molecular weight is 488 g/mol. The highest BCUT2D eigenvalue weighted by atomic mass is 19.2. The molecular formula is C27H32F3N3O2. The number of nitrogens with one attached hydrogen (secondary N) is 1. The fourth-order valence-electron chi connectivity index (χ4n) is 5.26. The molecule has 8 heteroatoms. The van der Waals surface area contributed by atoms with Gasteiger partial charge in [0.15, 0.2) is 11.6 Å². The van der Waals surface area contributed by atoms with Crippen LogP contribution in [0.4, 0.5) is 13.2 Å². The van der Waals surface area contributed by atoms with Gasteiger partial charge in [-0.25, -0.2) is 13.2 Å². The molecule has 0 aliphatic carbocycles. The summed E-state index contributed by atoms with van der Waals surface area (Å²) in [6.07, 6.45) is 3.59. The van der Waals surface area contributed by atoms with Crippen LogP contribution in [0.2, 0.25) is 0 Å². The molecule has 2 heterocycles. The first-order valence-electron chi connectivity index (χ1n) is 12.3. The minimum Gasteiger partial charge on any atom is -0.354 e. The van der Waals surface area contributed by atoms with Crippen LogP contribution in [-0.4, -0.2) is 54.3 Å². The Labute approximate surface area is 204 Å². The molecule has 2 fully saturated rings. The van der Waals surface area contributed by atoms with Gasteiger partial charge in [0.05, 0.1) is 0 Å². The van der Waals surface area contributed by atoms with Gasteiger partial charge in [-0.05, 0) is 93.6 Å². The largest absolute Gasteiger partial charge is 0.354 e. The van der Waals surface area contributed by atoms with Crippen LogP contribution >= 0.6 is 0 Å². The summed E-state index contributed by atoms with van der Waals surface area (Å²) in [6, 6.07) is 10.2. The molecule has 0 spiro atoms. The van der Waals surface area contributed by atoms with Crippen LogP contribution in [-0.2, 0) is 15.1 Å². The normalized spacial score (nSPS) is 19.1. The fourth-order valence-corrected chi connectivity index (χ4v) is 5.26. The molecule has 2 aromatic rings. The molecule has 1 atom stereocenters. The second-order valence-corrected chi connectivity index (χ2v) is 9.63. The quantitative estimate of drug-likeness (QED) is 0.564. The van der Waals surface area contributed by atoms with E-state index in [0.29, 0.717) is 31.8 Å².